The van der Waals surface area contributed by atoms with Gasteiger partial charge in [0.1, 0.15) is 11.6 Å². The first-order valence-corrected chi connectivity index (χ1v) is 11.0. The number of carbonyl (C=O) groups is 2. The van der Waals surface area contributed by atoms with E-state index in [1.54, 1.807) is 0 Å². The number of benzene rings is 2. The van der Waals surface area contributed by atoms with Crippen molar-refractivity contribution in [2.75, 3.05) is 25.5 Å². The standard InChI is InChI=1S/C25H33N3O4/c1-25(2,3)32-24(30)27-15-9-14-26-21-13-8-12-19-16-28(17-20(19)21)22(23(29)31-4)18-10-6-5-7-11-18/h5-8,10-13,22,26H,9,14-17H2,1-4H3,(H,27,30)/t22-/m0/s1. The van der Waals surface area contributed by atoms with Crippen molar-refractivity contribution in [3.8, 4) is 0 Å². The molecule has 0 saturated carbocycles. The second-order valence-corrected chi connectivity index (χ2v) is 8.89. The number of alkyl carbamates (subject to hydrolysis) is 1. The minimum absolute atomic E-state index is 0.258. The maximum Gasteiger partial charge on any atom is 0.407 e. The van der Waals surface area contributed by atoms with Crippen LogP contribution < -0.4 is 10.6 Å². The molecule has 1 amide bonds. The summed E-state index contributed by atoms with van der Waals surface area (Å²) in [7, 11) is 1.43. The Morgan fingerprint density at radius 2 is 1.78 bits per heavy atom. The minimum atomic E-state index is -0.499. The molecule has 32 heavy (non-hydrogen) atoms. The molecule has 2 aromatic carbocycles. The van der Waals surface area contributed by atoms with Gasteiger partial charge in [-0.3, -0.25) is 4.90 Å². The summed E-state index contributed by atoms with van der Waals surface area (Å²) in [6.45, 7) is 8.11. The van der Waals surface area contributed by atoms with E-state index in [1.165, 1.54) is 18.2 Å². The summed E-state index contributed by atoms with van der Waals surface area (Å²) in [6.07, 6.45) is 0.366. The fourth-order valence-electron chi connectivity index (χ4n) is 3.85. The van der Waals surface area contributed by atoms with Crippen molar-refractivity contribution in [1.82, 2.24) is 10.2 Å². The van der Waals surface area contributed by atoms with Gasteiger partial charge < -0.3 is 20.1 Å². The predicted octanol–water partition coefficient (Wildman–Crippen LogP) is 4.24. The van der Waals surface area contributed by atoms with Gasteiger partial charge in [0.2, 0.25) is 0 Å². The summed E-state index contributed by atoms with van der Waals surface area (Å²) < 4.78 is 10.4. The SMILES string of the molecule is COC(=O)[C@H](c1ccccc1)N1Cc2cccc(NCCCNC(=O)OC(C)(C)C)c2C1. The Labute approximate surface area is 190 Å². The zero-order valence-electron chi connectivity index (χ0n) is 19.3. The first-order valence-electron chi connectivity index (χ1n) is 11.0. The normalized spacial score (nSPS) is 14.4. The maximum absolute atomic E-state index is 12.6. The highest BCUT2D eigenvalue weighted by Crippen LogP contribution is 2.35. The van der Waals surface area contributed by atoms with Crippen LogP contribution in [0.4, 0.5) is 10.5 Å². The third-order valence-electron chi connectivity index (χ3n) is 5.25. The van der Waals surface area contributed by atoms with E-state index in [4.69, 9.17) is 9.47 Å². The molecule has 0 radical (unpaired) electrons. The summed E-state index contributed by atoms with van der Waals surface area (Å²) in [4.78, 5) is 26.5. The molecule has 0 aromatic heterocycles. The molecule has 2 aromatic rings. The van der Waals surface area contributed by atoms with Crippen LogP contribution in [0.2, 0.25) is 0 Å². The smallest absolute Gasteiger partial charge is 0.407 e. The van der Waals surface area contributed by atoms with E-state index in [0.717, 1.165) is 17.7 Å². The van der Waals surface area contributed by atoms with Gasteiger partial charge in [-0.15, -0.1) is 0 Å². The van der Waals surface area contributed by atoms with Gasteiger partial charge in [0.05, 0.1) is 7.11 Å². The van der Waals surface area contributed by atoms with Crippen molar-refractivity contribution in [2.24, 2.45) is 0 Å². The number of fused-ring (bicyclic) bond motifs is 1. The van der Waals surface area contributed by atoms with E-state index in [1.807, 2.05) is 57.2 Å². The van der Waals surface area contributed by atoms with E-state index < -0.39 is 17.7 Å². The fourth-order valence-corrected chi connectivity index (χ4v) is 3.85. The molecule has 2 N–H and O–H groups in total. The van der Waals surface area contributed by atoms with Crippen LogP contribution >= 0.6 is 0 Å². The van der Waals surface area contributed by atoms with Gasteiger partial charge in [0.15, 0.2) is 0 Å². The lowest BCUT2D eigenvalue weighted by Crippen LogP contribution is -2.33. The van der Waals surface area contributed by atoms with E-state index in [0.29, 0.717) is 26.2 Å². The number of amides is 1. The quantitative estimate of drug-likeness (QED) is 0.473. The van der Waals surface area contributed by atoms with Crippen LogP contribution in [0.15, 0.2) is 48.5 Å². The molecular weight excluding hydrogens is 406 g/mol. The lowest BCUT2D eigenvalue weighted by molar-refractivity contribution is -0.147. The molecule has 0 aliphatic carbocycles. The second kappa shape index (κ2) is 10.5. The third-order valence-corrected chi connectivity index (χ3v) is 5.25. The van der Waals surface area contributed by atoms with Crippen LogP contribution in [0.1, 0.15) is 49.9 Å². The summed E-state index contributed by atoms with van der Waals surface area (Å²) in [5.41, 5.74) is 3.87. The third kappa shape index (κ3) is 6.23. The number of carbonyl (C=O) groups excluding carboxylic acids is 2. The molecule has 1 aliphatic heterocycles. The summed E-state index contributed by atoms with van der Waals surface area (Å²) in [5.74, 6) is -0.258. The highest BCUT2D eigenvalue weighted by Gasteiger charge is 2.33. The number of hydrogen-bond donors (Lipinski definition) is 2. The number of hydrogen-bond acceptors (Lipinski definition) is 6. The average Bonchev–Trinajstić information content (AvgIpc) is 3.17. The zero-order valence-corrected chi connectivity index (χ0v) is 19.3. The van der Waals surface area contributed by atoms with Crippen molar-refractivity contribution in [3.63, 3.8) is 0 Å². The van der Waals surface area contributed by atoms with Crippen LogP contribution in [0.3, 0.4) is 0 Å². The minimum Gasteiger partial charge on any atom is -0.468 e. The van der Waals surface area contributed by atoms with Crippen molar-refractivity contribution in [2.45, 2.75) is 51.9 Å². The molecule has 0 saturated heterocycles. The molecule has 0 bridgehead atoms. The molecule has 172 valence electrons. The van der Waals surface area contributed by atoms with E-state index in [-0.39, 0.29) is 5.97 Å². The highest BCUT2D eigenvalue weighted by molar-refractivity contribution is 5.78. The Morgan fingerprint density at radius 1 is 1.03 bits per heavy atom. The molecule has 7 heteroatoms. The second-order valence-electron chi connectivity index (χ2n) is 8.89. The van der Waals surface area contributed by atoms with Crippen molar-refractivity contribution >= 4 is 17.7 Å². The van der Waals surface area contributed by atoms with E-state index in [2.05, 4.69) is 27.7 Å². The Balaban J connectivity index is 1.58. The topological polar surface area (TPSA) is 79.9 Å². The van der Waals surface area contributed by atoms with Gasteiger partial charge >= 0.3 is 12.1 Å². The molecule has 1 aliphatic rings. The lowest BCUT2D eigenvalue weighted by atomic mass is 10.1. The van der Waals surface area contributed by atoms with Gasteiger partial charge in [-0.2, -0.15) is 0 Å². The fraction of sp³-hybridized carbons (Fsp3) is 0.440. The first kappa shape index (κ1) is 23.6. The molecule has 1 atom stereocenters. The van der Waals surface area contributed by atoms with Crippen molar-refractivity contribution in [1.29, 1.82) is 0 Å². The molecule has 1 heterocycles. The predicted molar refractivity (Wildman–Crippen MR) is 124 cm³/mol. The molecular formula is C25H33N3O4. The first-order chi connectivity index (χ1) is 15.3. The summed E-state index contributed by atoms with van der Waals surface area (Å²) in [6, 6.07) is 15.5. The molecule has 0 spiro atoms. The van der Waals surface area contributed by atoms with Gasteiger partial charge in [0.25, 0.3) is 0 Å². The van der Waals surface area contributed by atoms with Crippen LogP contribution in [-0.2, 0) is 27.4 Å². The zero-order chi connectivity index (χ0) is 23.1. The van der Waals surface area contributed by atoms with Crippen LogP contribution in [0, 0.1) is 0 Å². The maximum atomic E-state index is 12.6. The largest absolute Gasteiger partial charge is 0.468 e. The number of esters is 1. The van der Waals surface area contributed by atoms with Gasteiger partial charge in [-0.1, -0.05) is 42.5 Å². The van der Waals surface area contributed by atoms with Gasteiger partial charge in [-0.25, -0.2) is 9.59 Å². The Hall–Kier alpha value is -3.06. The summed E-state index contributed by atoms with van der Waals surface area (Å²) in [5, 5.41) is 6.25. The molecule has 0 unspecified atom stereocenters. The highest BCUT2D eigenvalue weighted by atomic mass is 16.6. The van der Waals surface area contributed by atoms with Gasteiger partial charge in [0, 0.05) is 31.9 Å². The number of nitrogens with one attached hydrogen (secondary N) is 2. The van der Waals surface area contributed by atoms with Crippen LogP contribution in [0.25, 0.3) is 0 Å². The van der Waals surface area contributed by atoms with E-state index >= 15 is 0 Å². The molecule has 3 rings (SSSR count). The van der Waals surface area contributed by atoms with E-state index in [9.17, 15) is 9.59 Å². The van der Waals surface area contributed by atoms with Crippen LogP contribution in [-0.4, -0.2) is 42.8 Å². The monoisotopic (exact) mass is 439 g/mol. The van der Waals surface area contributed by atoms with Crippen molar-refractivity contribution in [3.05, 3.63) is 65.2 Å². The number of methoxy groups -OCH3 is 1. The molecule has 7 nitrogen and oxygen atoms in total. The number of nitrogens with zero attached hydrogens (tertiary/aromatic N) is 1. The Kier molecular flexibility index (Phi) is 7.75. The van der Waals surface area contributed by atoms with Gasteiger partial charge in [-0.05, 0) is 49.9 Å². The summed E-state index contributed by atoms with van der Waals surface area (Å²) >= 11 is 0. The van der Waals surface area contributed by atoms with Crippen molar-refractivity contribution < 1.29 is 19.1 Å². The average molecular weight is 440 g/mol. The Bertz CT molecular complexity index is 925. The Morgan fingerprint density at radius 3 is 2.47 bits per heavy atom. The lowest BCUT2D eigenvalue weighted by Gasteiger charge is -2.25. The number of ether oxygens (including phenoxy) is 2. The number of rotatable bonds is 8. The van der Waals surface area contributed by atoms with Crippen LogP contribution in [0.5, 0.6) is 0 Å². The molecule has 0 fully saturated rings. The number of anilines is 1.